The molecule has 1 fully saturated rings. The number of benzene rings is 3. The third kappa shape index (κ3) is 28.5. The van der Waals surface area contributed by atoms with Gasteiger partial charge in [-0.1, -0.05) is 86.1 Å². The molecule has 0 saturated carbocycles. The first-order chi connectivity index (χ1) is 53.3. The number of nitrogens with zero attached hydrogens (tertiary/aromatic N) is 5. The molecule has 10 atom stereocenters. The highest BCUT2D eigenvalue weighted by Gasteiger charge is 2.40. The Morgan fingerprint density at radius 3 is 1.60 bits per heavy atom. The number of rotatable bonds is 44. The Kier molecular flexibility index (Phi) is 35.2. The number of halogens is 1. The smallest absolute Gasteiger partial charge is 0.325 e. The van der Waals surface area contributed by atoms with Crippen molar-refractivity contribution in [3.05, 3.63) is 167 Å². The zero-order chi connectivity index (χ0) is 80.4. The lowest BCUT2D eigenvalue weighted by Gasteiger charge is -2.31. The number of carbonyl (C=O) groups excluding carboxylic acids is 12. The van der Waals surface area contributed by atoms with Gasteiger partial charge in [-0.2, -0.15) is 0 Å². The monoisotopic (exact) mass is 1550 g/mol. The zero-order valence-electron chi connectivity index (χ0n) is 62.6. The summed E-state index contributed by atoms with van der Waals surface area (Å²) in [4.78, 5) is 200. The number of nitrogens with two attached hydrogens (primary N) is 1. The molecule has 7 rings (SSSR count). The number of aliphatic hydroxyl groups excluding tert-OH is 1. The molecule has 1 saturated heterocycles. The van der Waals surface area contributed by atoms with Gasteiger partial charge in [-0.3, -0.25) is 77.3 Å². The Morgan fingerprint density at radius 2 is 1.03 bits per heavy atom. The number of aliphatic carboxylic acids is 1. The first kappa shape index (κ1) is 86.9. The number of pyridine rings is 2. The van der Waals surface area contributed by atoms with Crippen LogP contribution in [0.1, 0.15) is 142 Å². The summed E-state index contributed by atoms with van der Waals surface area (Å²) in [6.07, 6.45) is 11.4. The molecule has 0 spiro atoms. The van der Waals surface area contributed by atoms with E-state index in [0.29, 0.717) is 41.0 Å². The van der Waals surface area contributed by atoms with Gasteiger partial charge in [-0.25, -0.2) is 4.98 Å². The van der Waals surface area contributed by atoms with Crippen LogP contribution in [-0.2, 0) is 72.0 Å². The number of likely N-dealkylation sites (tertiary alicyclic amines) is 1. The maximum Gasteiger partial charge on any atom is 0.325 e. The van der Waals surface area contributed by atoms with E-state index in [1.165, 1.54) is 62.1 Å². The first-order valence-electron chi connectivity index (χ1n) is 37.2. The molecule has 0 aliphatic carbocycles. The van der Waals surface area contributed by atoms with Crippen molar-refractivity contribution >= 4 is 99.2 Å². The lowest BCUT2D eigenvalue weighted by atomic mass is 9.99. The molecular formula is C78H100ClN17O15. The fourth-order valence-electron chi connectivity index (χ4n) is 12.5. The number of amides is 12. The number of aliphatic hydroxyl groups is 1. The summed E-state index contributed by atoms with van der Waals surface area (Å²) < 4.78 is 0. The number of fused-ring (bicyclic) bond motifs is 1. The summed E-state index contributed by atoms with van der Waals surface area (Å²) >= 11 is 6.26. The lowest BCUT2D eigenvalue weighted by Crippen LogP contribution is -2.61. The Balaban J connectivity index is 1.15. The summed E-state index contributed by atoms with van der Waals surface area (Å²) in [5.74, 6) is -10.7. The summed E-state index contributed by atoms with van der Waals surface area (Å²) in [6.45, 7) is 5.57. The van der Waals surface area contributed by atoms with E-state index in [9.17, 15) is 63.0 Å². The fraction of sp³-hybridized carbons (Fsp3) is 0.449. The Hall–Kier alpha value is -11.4. The predicted octanol–water partition coefficient (Wildman–Crippen LogP) is 1.95. The minimum absolute atomic E-state index is 0.00544. The molecule has 33 heteroatoms. The van der Waals surface area contributed by atoms with Gasteiger partial charge in [0.1, 0.15) is 66.1 Å². The van der Waals surface area contributed by atoms with E-state index in [2.05, 4.69) is 78.4 Å². The highest BCUT2D eigenvalue weighted by Crippen LogP contribution is 2.23. The highest BCUT2D eigenvalue weighted by molar-refractivity contribution is 6.30. The van der Waals surface area contributed by atoms with Crippen molar-refractivity contribution in [3.63, 3.8) is 0 Å². The largest absolute Gasteiger partial charge is 0.480 e. The van der Waals surface area contributed by atoms with Crippen molar-refractivity contribution < 1.29 is 72.5 Å². The quantitative estimate of drug-likeness (QED) is 0.0243. The topological polar surface area (TPSA) is 476 Å². The maximum atomic E-state index is 15.1. The van der Waals surface area contributed by atoms with Crippen LogP contribution in [0.25, 0.3) is 10.8 Å². The van der Waals surface area contributed by atoms with Gasteiger partial charge in [0.05, 0.1) is 18.4 Å². The number of hydrogen-bond donors (Lipinski definition) is 14. The second kappa shape index (κ2) is 44.9. The van der Waals surface area contributed by atoms with Gasteiger partial charge in [0.15, 0.2) is 0 Å². The molecule has 3 aromatic carbocycles. The molecule has 12 amide bonds. The molecule has 4 heterocycles. The third-order valence-electron chi connectivity index (χ3n) is 18.4. The van der Waals surface area contributed by atoms with E-state index in [0.717, 1.165) is 10.8 Å². The predicted molar refractivity (Wildman–Crippen MR) is 410 cm³/mol. The highest BCUT2D eigenvalue weighted by atomic mass is 35.5. The summed E-state index contributed by atoms with van der Waals surface area (Å²) in [5.41, 5.74) is 7.83. The van der Waals surface area contributed by atoms with Gasteiger partial charge in [-0.15, -0.1) is 0 Å². The number of aromatic nitrogens is 4. The van der Waals surface area contributed by atoms with Gasteiger partial charge in [-0.05, 0) is 154 Å². The normalized spacial score (nSPS) is 14.9. The summed E-state index contributed by atoms with van der Waals surface area (Å²) in [6, 6.07) is 12.1. The van der Waals surface area contributed by atoms with Crippen LogP contribution in [0, 0.1) is 5.92 Å². The molecule has 32 nitrogen and oxygen atoms in total. The molecule has 6 aromatic rings. The van der Waals surface area contributed by atoms with Crippen molar-refractivity contribution in [2.24, 2.45) is 11.7 Å². The number of hydrogen-bond acceptors (Lipinski definition) is 19. The van der Waals surface area contributed by atoms with Crippen LogP contribution >= 0.6 is 11.6 Å². The van der Waals surface area contributed by atoms with Gasteiger partial charge < -0.3 is 79.3 Å². The van der Waals surface area contributed by atoms with Crippen molar-refractivity contribution in [1.29, 1.82) is 0 Å². The number of carboxylic acids is 1. The van der Waals surface area contributed by atoms with Crippen LogP contribution in [0.15, 0.2) is 134 Å². The number of nitrogens with one attached hydrogen (secondary N) is 11. The van der Waals surface area contributed by atoms with E-state index in [4.69, 9.17) is 17.3 Å². The van der Waals surface area contributed by atoms with Crippen LogP contribution in [-0.4, -0.2) is 205 Å². The fourth-order valence-corrected chi connectivity index (χ4v) is 12.6. The molecule has 15 N–H and O–H groups in total. The Bertz CT molecular complexity index is 4130. The van der Waals surface area contributed by atoms with E-state index in [-0.39, 0.29) is 120 Å². The van der Waals surface area contributed by atoms with Crippen LogP contribution in [0.2, 0.25) is 5.02 Å². The van der Waals surface area contributed by atoms with Gasteiger partial charge in [0.25, 0.3) is 11.8 Å². The minimum atomic E-state index is -1.85. The van der Waals surface area contributed by atoms with Gasteiger partial charge in [0, 0.05) is 88.0 Å². The molecule has 1 aliphatic heterocycles. The summed E-state index contributed by atoms with van der Waals surface area (Å²) in [5, 5.41) is 52.4. The van der Waals surface area contributed by atoms with Crippen LogP contribution in [0.5, 0.6) is 0 Å². The first-order valence-corrected chi connectivity index (χ1v) is 37.6. The molecule has 0 radical (unpaired) electrons. The minimum Gasteiger partial charge on any atom is -0.480 e. The van der Waals surface area contributed by atoms with E-state index < -0.39 is 144 Å². The van der Waals surface area contributed by atoms with E-state index in [1.54, 1.807) is 62.4 Å². The van der Waals surface area contributed by atoms with Gasteiger partial charge in [0.2, 0.25) is 59.1 Å². The van der Waals surface area contributed by atoms with Crippen molar-refractivity contribution in [3.8, 4) is 0 Å². The molecule has 594 valence electrons. The molecule has 3 aromatic heterocycles. The summed E-state index contributed by atoms with van der Waals surface area (Å²) in [7, 11) is 0. The molecule has 0 unspecified atom stereocenters. The van der Waals surface area contributed by atoms with Crippen LogP contribution in [0.4, 0.5) is 0 Å². The van der Waals surface area contributed by atoms with Crippen molar-refractivity contribution in [2.75, 3.05) is 32.8 Å². The van der Waals surface area contributed by atoms with Crippen LogP contribution < -0.4 is 64.2 Å². The maximum absolute atomic E-state index is 15.1. The number of carboxylic acid groups (broad SMARTS) is 1. The average Bonchev–Trinajstić information content (AvgIpc) is 1.69. The molecular weight excluding hydrogens is 1450 g/mol. The second-order valence-corrected chi connectivity index (χ2v) is 28.1. The number of unbranched alkanes of at least 4 members (excludes halogenated alkanes) is 3. The molecule has 1 aliphatic rings. The van der Waals surface area contributed by atoms with Crippen molar-refractivity contribution in [1.82, 2.24) is 83.3 Å². The SMILES string of the molecule is CC(=O)N[C@@H](Cc1ccc2ccccc2c1)C(=O)N[C@@H](Cc1ccc(Cl)cc1)C(=O)N[C@@H](Cc1cccnc1)C(=O)N[C@@H](CO)C(=O)N[C@@H](CCCCNC(=O)c1cnccn1)C(=O)N[C@@H](CCCCNC(=O)c1cccnc1)C(=O)N[C@@H](CC(C)C)C(=O)N[C@@H](CCCCN)C(=O)N1CCC[C@@H]1C(=O)N[C@@H](C)C(=O)O. The molecule has 0 bridgehead atoms. The standard InChI is InChI=1S/C78H100ClN17O15/c1-47(2)38-60(71(103)91-59(22-7-10-30-80)77(109)96-37-15-23-66(96)76(108)87-48(3)78(110)111)92-70(102)58(21-8-11-33-85-67(99)55-19-14-32-82-44-55)89-69(101)57(20-9-12-34-86-68(100)64-45-83-35-36-84-64)90-75(107)65(46-97)95-74(106)63(42-52-16-13-31-81-43-52)94-73(105)62(40-50-25-28-56(79)29-26-50)93-72(104)61(88-49(4)98)41-51-24-27-53-17-5-6-18-54(53)39-51/h5-6,13-14,16-19,24-29,31-32,35-36,39,43-45,47-48,57-63,65-66,97H,7-12,15,20-23,30,33-34,37-38,40-42,46,80H2,1-4H3,(H,85,99)(H,86,100)(H,87,108)(H,88,98)(H,89,101)(H,90,107)(H,91,103)(H,92,102)(H,93,104)(H,94,105)(H,95,106)(H,110,111)/t48-,57-,58-,59-,60-,61-,62-,63-,65-,66+/m0/s1. The zero-order valence-corrected chi connectivity index (χ0v) is 63.3. The number of carbonyl (C=O) groups is 13. The van der Waals surface area contributed by atoms with Crippen molar-refractivity contribution in [2.45, 2.75) is 184 Å². The van der Waals surface area contributed by atoms with Gasteiger partial charge >= 0.3 is 5.97 Å². The molecule has 111 heavy (non-hydrogen) atoms. The Morgan fingerprint density at radius 1 is 0.514 bits per heavy atom. The average molecular weight is 1550 g/mol. The van der Waals surface area contributed by atoms with E-state index in [1.807, 2.05) is 42.5 Å². The third-order valence-corrected chi connectivity index (χ3v) is 18.7. The second-order valence-electron chi connectivity index (χ2n) is 27.7. The van der Waals surface area contributed by atoms with Crippen LogP contribution in [0.3, 0.4) is 0 Å². The van der Waals surface area contributed by atoms with E-state index >= 15 is 9.59 Å². The lowest BCUT2D eigenvalue weighted by molar-refractivity contribution is -0.144. The Labute approximate surface area is 648 Å².